The maximum atomic E-state index is 16.0. The van der Waals surface area contributed by atoms with E-state index in [4.69, 9.17) is 9.41 Å². The first-order valence-corrected chi connectivity index (χ1v) is 21.6. The highest BCUT2D eigenvalue weighted by Gasteiger charge is 2.44. The standard InChI is InChI=1S/C37H42FN7O6SSi/c1-37(2,3)53(6,7)51-25-17-24(18-25)44-32-28(43(5)36(44)48)20-39-34-30(32)29(23-13-11-12-22(16-23)19-40-35(46)47)31(27-21-42(4)41-33(27)38)45(34)52(49,50)26-14-9-8-10-15-26/h8-16,20-21,24-25,40H,17-19H2,1-7H3,(H,46,47). The summed E-state index contributed by atoms with van der Waals surface area (Å²) < 4.78 is 57.8. The van der Waals surface area contributed by atoms with E-state index in [0.29, 0.717) is 46.0 Å². The lowest BCUT2D eigenvalue weighted by Crippen LogP contribution is -2.48. The van der Waals surface area contributed by atoms with Crippen molar-refractivity contribution >= 4 is 46.5 Å². The fourth-order valence-corrected chi connectivity index (χ4v) is 9.80. The number of halogens is 1. The van der Waals surface area contributed by atoms with Gasteiger partial charge < -0.3 is 14.8 Å². The Balaban J connectivity index is 1.57. The Labute approximate surface area is 306 Å². The van der Waals surface area contributed by atoms with Crippen LogP contribution < -0.4 is 11.0 Å². The second-order valence-corrected chi connectivity index (χ2v) is 21.7. The van der Waals surface area contributed by atoms with Gasteiger partial charge in [-0.1, -0.05) is 57.2 Å². The molecule has 1 fully saturated rings. The molecule has 13 nitrogen and oxygen atoms in total. The first kappa shape index (κ1) is 36.3. The minimum absolute atomic E-state index is 0.000747. The van der Waals surface area contributed by atoms with Crippen LogP contribution in [-0.2, 0) is 35.1 Å². The molecular formula is C37H42FN7O6SSi. The van der Waals surface area contributed by atoms with Gasteiger partial charge in [-0.25, -0.2) is 27.0 Å². The smallest absolute Gasteiger partial charge is 0.404 e. The third-order valence-electron chi connectivity index (χ3n) is 10.7. The molecule has 2 aromatic carbocycles. The molecule has 2 N–H and O–H groups in total. The zero-order valence-electron chi connectivity index (χ0n) is 30.6. The van der Waals surface area contributed by atoms with Crippen molar-refractivity contribution in [1.29, 1.82) is 0 Å². The normalized spacial score (nSPS) is 16.7. The second-order valence-electron chi connectivity index (χ2n) is 15.2. The van der Waals surface area contributed by atoms with Crippen molar-refractivity contribution in [3.8, 4) is 22.4 Å². The third-order valence-corrected chi connectivity index (χ3v) is 16.9. The highest BCUT2D eigenvalue weighted by Crippen LogP contribution is 2.48. The van der Waals surface area contributed by atoms with Crippen molar-refractivity contribution in [3.05, 3.63) is 89.0 Å². The Hall–Kier alpha value is -5.06. The van der Waals surface area contributed by atoms with Crippen molar-refractivity contribution in [3.63, 3.8) is 0 Å². The molecule has 0 atom stereocenters. The molecule has 0 radical (unpaired) electrons. The number of nitrogens with one attached hydrogen (secondary N) is 1. The molecule has 0 saturated heterocycles. The Kier molecular flexibility index (Phi) is 8.77. The summed E-state index contributed by atoms with van der Waals surface area (Å²) in [5, 5.41) is 16.0. The maximum absolute atomic E-state index is 16.0. The van der Waals surface area contributed by atoms with E-state index in [2.05, 4.69) is 44.3 Å². The number of aryl methyl sites for hydroxylation is 2. The van der Waals surface area contributed by atoms with Crippen molar-refractivity contribution in [1.82, 2.24) is 33.2 Å². The van der Waals surface area contributed by atoms with Gasteiger partial charge in [0.05, 0.1) is 38.8 Å². The molecule has 6 aromatic rings. The Morgan fingerprint density at radius 3 is 2.42 bits per heavy atom. The molecule has 7 rings (SSSR count). The Morgan fingerprint density at radius 1 is 1.09 bits per heavy atom. The number of nitrogens with zero attached hydrogens (tertiary/aromatic N) is 6. The molecule has 1 aliphatic rings. The van der Waals surface area contributed by atoms with Crippen LogP contribution in [0.25, 0.3) is 44.5 Å². The highest BCUT2D eigenvalue weighted by atomic mass is 32.2. The van der Waals surface area contributed by atoms with Crippen LogP contribution in [0, 0.1) is 5.95 Å². The van der Waals surface area contributed by atoms with Crippen molar-refractivity contribution < 1.29 is 27.1 Å². The van der Waals surface area contributed by atoms with Crippen molar-refractivity contribution in [2.75, 3.05) is 0 Å². The van der Waals surface area contributed by atoms with E-state index in [1.54, 1.807) is 54.1 Å². The van der Waals surface area contributed by atoms with E-state index >= 15 is 4.39 Å². The zero-order valence-corrected chi connectivity index (χ0v) is 32.4. The van der Waals surface area contributed by atoms with Gasteiger partial charge in [0.15, 0.2) is 14.0 Å². The fraction of sp³-hybridized carbons (Fsp3) is 0.351. The number of fused-ring (bicyclic) bond motifs is 3. The summed E-state index contributed by atoms with van der Waals surface area (Å²) in [4.78, 5) is 30.3. The number of rotatable bonds is 9. The lowest BCUT2D eigenvalue weighted by atomic mass is 9.89. The van der Waals surface area contributed by atoms with Gasteiger partial charge in [0.25, 0.3) is 10.0 Å². The second kappa shape index (κ2) is 12.8. The Morgan fingerprint density at radius 2 is 1.79 bits per heavy atom. The van der Waals surface area contributed by atoms with E-state index in [0.717, 1.165) is 3.97 Å². The Bertz CT molecular complexity index is 2580. The van der Waals surface area contributed by atoms with Gasteiger partial charge in [0.1, 0.15) is 0 Å². The molecule has 16 heteroatoms. The van der Waals surface area contributed by atoms with Crippen LogP contribution in [0.1, 0.15) is 45.2 Å². The average molecular weight is 760 g/mol. The van der Waals surface area contributed by atoms with E-state index in [9.17, 15) is 23.1 Å². The monoisotopic (exact) mass is 759 g/mol. The molecule has 1 saturated carbocycles. The highest BCUT2D eigenvalue weighted by molar-refractivity contribution is 7.90. The number of carboxylic acid groups (broad SMARTS) is 1. The predicted octanol–water partition coefficient (Wildman–Crippen LogP) is 6.63. The average Bonchev–Trinajstić information content (AvgIpc) is 3.69. The van der Waals surface area contributed by atoms with Crippen LogP contribution >= 0.6 is 0 Å². The SMILES string of the molecule is Cn1cc(-c2c(-c3cccc(CNC(=O)O)c3)c3c(ncc4c3n(C3CC(O[Si](C)(C)C(C)(C)C)C3)c(=O)n4C)n2S(=O)(=O)c2ccccc2)c(F)n1. The van der Waals surface area contributed by atoms with Crippen molar-refractivity contribution in [2.45, 2.75) is 75.3 Å². The number of amides is 1. The summed E-state index contributed by atoms with van der Waals surface area (Å²) in [5.41, 5.74) is 1.82. The molecule has 53 heavy (non-hydrogen) atoms. The summed E-state index contributed by atoms with van der Waals surface area (Å²) in [6.45, 7) is 10.9. The summed E-state index contributed by atoms with van der Waals surface area (Å²) >= 11 is 0. The van der Waals surface area contributed by atoms with E-state index in [-0.39, 0.29) is 51.2 Å². The minimum Gasteiger partial charge on any atom is -0.465 e. The lowest BCUT2D eigenvalue weighted by molar-refractivity contribution is 0.0581. The van der Waals surface area contributed by atoms with Gasteiger partial charge in [-0.15, -0.1) is 5.10 Å². The number of imidazole rings is 1. The lowest BCUT2D eigenvalue weighted by Gasteiger charge is -2.45. The molecule has 0 spiro atoms. The van der Waals surface area contributed by atoms with Crippen LogP contribution in [0.15, 0.2) is 76.7 Å². The first-order valence-electron chi connectivity index (χ1n) is 17.3. The topological polar surface area (TPSA) is 155 Å². The molecule has 4 heterocycles. The summed E-state index contributed by atoms with van der Waals surface area (Å²) in [6.07, 6.45) is 2.78. The van der Waals surface area contributed by atoms with Crippen LogP contribution in [0.4, 0.5) is 9.18 Å². The van der Waals surface area contributed by atoms with Gasteiger partial charge in [-0.2, -0.15) is 4.39 Å². The summed E-state index contributed by atoms with van der Waals surface area (Å²) in [5.74, 6) is -0.906. The van der Waals surface area contributed by atoms with Gasteiger partial charge >= 0.3 is 11.8 Å². The fourth-order valence-electron chi connectivity index (χ4n) is 6.91. The molecule has 1 amide bonds. The summed E-state index contributed by atoms with van der Waals surface area (Å²) in [7, 11) is -3.38. The number of pyridine rings is 1. The molecular weight excluding hydrogens is 718 g/mol. The van der Waals surface area contributed by atoms with Crippen LogP contribution in [-0.4, -0.2) is 61.9 Å². The van der Waals surface area contributed by atoms with Crippen LogP contribution in [0.2, 0.25) is 18.1 Å². The van der Waals surface area contributed by atoms with E-state index in [1.807, 2.05) is 0 Å². The zero-order chi connectivity index (χ0) is 38.2. The molecule has 0 bridgehead atoms. The predicted molar refractivity (Wildman–Crippen MR) is 202 cm³/mol. The summed E-state index contributed by atoms with van der Waals surface area (Å²) in [6, 6.07) is 14.4. The third kappa shape index (κ3) is 6.07. The quantitative estimate of drug-likeness (QED) is 0.156. The minimum atomic E-state index is -4.46. The first-order chi connectivity index (χ1) is 24.9. The molecule has 0 unspecified atom stereocenters. The molecule has 4 aromatic heterocycles. The van der Waals surface area contributed by atoms with Gasteiger partial charge in [0.2, 0.25) is 5.95 Å². The maximum Gasteiger partial charge on any atom is 0.404 e. The van der Waals surface area contributed by atoms with Crippen molar-refractivity contribution in [2.24, 2.45) is 14.1 Å². The van der Waals surface area contributed by atoms with Gasteiger partial charge in [-0.05, 0) is 60.3 Å². The molecule has 1 aliphatic carbocycles. The largest absolute Gasteiger partial charge is 0.465 e. The molecule has 278 valence electrons. The number of carbonyl (C=O) groups is 1. The molecule has 0 aliphatic heterocycles. The van der Waals surface area contributed by atoms with E-state index in [1.165, 1.54) is 40.8 Å². The number of hydrogen-bond acceptors (Lipinski definition) is 7. The van der Waals surface area contributed by atoms with Gasteiger partial charge in [0, 0.05) is 44.5 Å². The van der Waals surface area contributed by atoms with Crippen LogP contribution in [0.5, 0.6) is 0 Å². The number of hydrogen-bond donors (Lipinski definition) is 2. The van der Waals surface area contributed by atoms with Crippen LogP contribution in [0.3, 0.4) is 0 Å². The number of benzene rings is 2. The van der Waals surface area contributed by atoms with E-state index < -0.39 is 30.4 Å². The number of aromatic nitrogens is 6. The van der Waals surface area contributed by atoms with Gasteiger partial charge in [-0.3, -0.25) is 13.8 Å².